The highest BCUT2D eigenvalue weighted by molar-refractivity contribution is 5.79. The lowest BCUT2D eigenvalue weighted by atomic mass is 9.95. The Kier molecular flexibility index (Phi) is 5.08. The number of rotatable bonds is 5. The number of carbonyl (C=O) groups is 1. The van der Waals surface area contributed by atoms with Gasteiger partial charge in [0.1, 0.15) is 6.07 Å². The molecule has 1 amide bonds. The third-order valence-electron chi connectivity index (χ3n) is 4.28. The van der Waals surface area contributed by atoms with Crippen molar-refractivity contribution in [3.05, 3.63) is 24.1 Å². The van der Waals surface area contributed by atoms with Crippen molar-refractivity contribution in [3.8, 4) is 17.7 Å². The van der Waals surface area contributed by atoms with E-state index < -0.39 is 0 Å². The zero-order valence-corrected chi connectivity index (χ0v) is 14.5. The second kappa shape index (κ2) is 7.43. The second-order valence-electron chi connectivity index (χ2n) is 6.66. The van der Waals surface area contributed by atoms with E-state index in [0.717, 1.165) is 12.8 Å². The van der Waals surface area contributed by atoms with Crippen LogP contribution in [0.1, 0.15) is 32.4 Å². The molecule has 3 rings (SSSR count). The molecule has 7 nitrogen and oxygen atoms in total. The van der Waals surface area contributed by atoms with Gasteiger partial charge in [-0.25, -0.2) is 0 Å². The van der Waals surface area contributed by atoms with Gasteiger partial charge in [-0.1, -0.05) is 13.8 Å². The lowest BCUT2D eigenvalue weighted by Crippen LogP contribution is -2.41. The standard InChI is InChI=1S/C18H22N4O3/c1-12(2)11-20-16(23)13-5-7-22(8-6-13)18-14(10-19)21-17(25-18)15-4-3-9-24-15/h3-4,9,12-13H,5-8,11H2,1-2H3,(H,20,23). The summed E-state index contributed by atoms with van der Waals surface area (Å²) < 4.78 is 11.0. The van der Waals surface area contributed by atoms with E-state index in [1.165, 1.54) is 6.26 Å². The van der Waals surface area contributed by atoms with Crippen molar-refractivity contribution in [2.24, 2.45) is 11.8 Å². The van der Waals surface area contributed by atoms with Crippen molar-refractivity contribution in [2.45, 2.75) is 26.7 Å². The molecule has 0 atom stereocenters. The first kappa shape index (κ1) is 17.1. The molecule has 2 aromatic rings. The van der Waals surface area contributed by atoms with Crippen LogP contribution < -0.4 is 10.2 Å². The van der Waals surface area contributed by atoms with Crippen molar-refractivity contribution in [3.63, 3.8) is 0 Å². The molecular formula is C18H22N4O3. The topological polar surface area (TPSA) is 95.3 Å². The minimum Gasteiger partial charge on any atom is -0.459 e. The number of hydrogen-bond acceptors (Lipinski definition) is 6. The number of nitriles is 1. The monoisotopic (exact) mass is 342 g/mol. The van der Waals surface area contributed by atoms with E-state index in [1.54, 1.807) is 12.1 Å². The van der Waals surface area contributed by atoms with Crippen LogP contribution in [0.25, 0.3) is 11.7 Å². The third kappa shape index (κ3) is 3.85. The maximum absolute atomic E-state index is 12.2. The average molecular weight is 342 g/mol. The number of nitrogens with zero attached hydrogens (tertiary/aromatic N) is 3. The molecule has 1 N–H and O–H groups in total. The summed E-state index contributed by atoms with van der Waals surface area (Å²) in [6.07, 6.45) is 2.99. The zero-order chi connectivity index (χ0) is 17.8. The first-order valence-electron chi connectivity index (χ1n) is 8.56. The molecule has 3 heterocycles. The fraction of sp³-hybridized carbons (Fsp3) is 0.500. The summed E-state index contributed by atoms with van der Waals surface area (Å²) in [7, 11) is 0. The van der Waals surface area contributed by atoms with Crippen molar-refractivity contribution >= 4 is 11.8 Å². The van der Waals surface area contributed by atoms with Gasteiger partial charge in [-0.15, -0.1) is 0 Å². The maximum atomic E-state index is 12.2. The van der Waals surface area contributed by atoms with Crippen molar-refractivity contribution in [1.29, 1.82) is 5.26 Å². The van der Waals surface area contributed by atoms with Gasteiger partial charge in [0, 0.05) is 25.6 Å². The van der Waals surface area contributed by atoms with Gasteiger partial charge in [-0.2, -0.15) is 10.2 Å². The number of anilines is 1. The van der Waals surface area contributed by atoms with Gasteiger partial charge in [-0.3, -0.25) is 4.79 Å². The Bertz CT molecular complexity index is 750. The number of furan rings is 1. The van der Waals surface area contributed by atoms with Crippen molar-refractivity contribution in [2.75, 3.05) is 24.5 Å². The van der Waals surface area contributed by atoms with Gasteiger partial charge < -0.3 is 19.1 Å². The SMILES string of the molecule is CC(C)CNC(=O)C1CCN(c2oc(-c3ccco3)nc2C#N)CC1. The van der Waals surface area contributed by atoms with Crippen LogP contribution in [0.3, 0.4) is 0 Å². The minimum absolute atomic E-state index is 0.00741. The van der Waals surface area contributed by atoms with Crippen molar-refractivity contribution < 1.29 is 13.6 Å². The van der Waals surface area contributed by atoms with Crippen LogP contribution in [0.15, 0.2) is 27.2 Å². The molecule has 0 aromatic carbocycles. The summed E-state index contributed by atoms with van der Waals surface area (Å²) in [5.74, 6) is 1.81. The summed E-state index contributed by atoms with van der Waals surface area (Å²) in [6, 6.07) is 5.56. The molecule has 0 saturated carbocycles. The number of piperidine rings is 1. The molecule has 132 valence electrons. The molecule has 0 bridgehead atoms. The van der Waals surface area contributed by atoms with Gasteiger partial charge in [0.2, 0.25) is 17.5 Å². The van der Waals surface area contributed by atoms with Crippen LogP contribution in [0.4, 0.5) is 5.88 Å². The van der Waals surface area contributed by atoms with E-state index >= 15 is 0 Å². The van der Waals surface area contributed by atoms with Gasteiger partial charge in [0.05, 0.1) is 6.26 Å². The van der Waals surface area contributed by atoms with Crippen LogP contribution in [-0.4, -0.2) is 30.5 Å². The Morgan fingerprint density at radius 1 is 1.48 bits per heavy atom. The summed E-state index contributed by atoms with van der Waals surface area (Å²) >= 11 is 0. The second-order valence-corrected chi connectivity index (χ2v) is 6.66. The van der Waals surface area contributed by atoms with E-state index in [-0.39, 0.29) is 17.5 Å². The van der Waals surface area contributed by atoms with Crippen LogP contribution >= 0.6 is 0 Å². The molecule has 0 radical (unpaired) electrons. The molecule has 1 aliphatic rings. The lowest BCUT2D eigenvalue weighted by molar-refractivity contribution is -0.125. The highest BCUT2D eigenvalue weighted by Gasteiger charge is 2.29. The summed E-state index contributed by atoms with van der Waals surface area (Å²) in [5.41, 5.74) is 0.245. The van der Waals surface area contributed by atoms with Crippen molar-refractivity contribution in [1.82, 2.24) is 10.3 Å². The molecule has 1 aliphatic heterocycles. The average Bonchev–Trinajstić information content (AvgIpc) is 3.28. The highest BCUT2D eigenvalue weighted by Crippen LogP contribution is 2.31. The fourth-order valence-electron chi connectivity index (χ4n) is 2.90. The van der Waals surface area contributed by atoms with E-state index in [0.29, 0.717) is 43.1 Å². The third-order valence-corrected chi connectivity index (χ3v) is 4.28. The maximum Gasteiger partial charge on any atom is 0.266 e. The van der Waals surface area contributed by atoms with Gasteiger partial charge in [0.25, 0.3) is 5.89 Å². The molecule has 1 saturated heterocycles. The lowest BCUT2D eigenvalue weighted by Gasteiger charge is -2.31. The number of aromatic nitrogens is 1. The summed E-state index contributed by atoms with van der Waals surface area (Å²) in [4.78, 5) is 18.4. The molecule has 0 unspecified atom stereocenters. The number of nitrogens with one attached hydrogen (secondary N) is 1. The Labute approximate surface area is 146 Å². The Morgan fingerprint density at radius 2 is 2.24 bits per heavy atom. The molecule has 25 heavy (non-hydrogen) atoms. The van der Waals surface area contributed by atoms with Gasteiger partial charge >= 0.3 is 0 Å². The Morgan fingerprint density at radius 3 is 2.84 bits per heavy atom. The molecule has 7 heteroatoms. The first-order chi connectivity index (χ1) is 12.1. The summed E-state index contributed by atoms with van der Waals surface area (Å²) in [6.45, 7) is 6.16. The Balaban J connectivity index is 1.65. The van der Waals surface area contributed by atoms with Gasteiger partial charge in [-0.05, 0) is 30.9 Å². The summed E-state index contributed by atoms with van der Waals surface area (Å²) in [5, 5.41) is 12.3. The number of oxazole rings is 1. The van der Waals surface area contributed by atoms with E-state index in [4.69, 9.17) is 8.83 Å². The first-order valence-corrected chi connectivity index (χ1v) is 8.56. The van der Waals surface area contributed by atoms with E-state index in [2.05, 4.69) is 30.2 Å². The zero-order valence-electron chi connectivity index (χ0n) is 14.5. The fourth-order valence-corrected chi connectivity index (χ4v) is 2.90. The van der Waals surface area contributed by atoms with Gasteiger partial charge in [0.15, 0.2) is 5.76 Å². The molecular weight excluding hydrogens is 320 g/mol. The molecule has 2 aromatic heterocycles. The predicted molar refractivity (Wildman–Crippen MR) is 91.7 cm³/mol. The smallest absolute Gasteiger partial charge is 0.266 e. The van der Waals surface area contributed by atoms with Crippen LogP contribution in [0.5, 0.6) is 0 Å². The highest BCUT2D eigenvalue weighted by atomic mass is 16.4. The number of amides is 1. The minimum atomic E-state index is 0.00741. The van der Waals surface area contributed by atoms with Crippen LogP contribution in [0.2, 0.25) is 0 Å². The molecule has 0 spiro atoms. The van der Waals surface area contributed by atoms with E-state index in [9.17, 15) is 10.1 Å². The largest absolute Gasteiger partial charge is 0.459 e. The molecule has 0 aliphatic carbocycles. The molecule has 1 fully saturated rings. The van der Waals surface area contributed by atoms with E-state index in [1.807, 2.05) is 4.90 Å². The van der Waals surface area contributed by atoms with Crippen LogP contribution in [-0.2, 0) is 4.79 Å². The number of hydrogen-bond donors (Lipinski definition) is 1. The van der Waals surface area contributed by atoms with Crippen LogP contribution in [0, 0.1) is 23.2 Å². The predicted octanol–water partition coefficient (Wildman–Crippen LogP) is 2.79. The normalized spacial score (nSPS) is 15.4. The quantitative estimate of drug-likeness (QED) is 0.897. The Hall–Kier alpha value is -2.75. The number of carbonyl (C=O) groups excluding carboxylic acids is 1.